The molecular weight excluding hydrogens is 288 g/mol. The van der Waals surface area contributed by atoms with Gasteiger partial charge in [-0.05, 0) is 18.6 Å². The van der Waals surface area contributed by atoms with Gasteiger partial charge in [-0.15, -0.1) is 0 Å². The first-order valence-electron chi connectivity index (χ1n) is 7.34. The molecule has 5 nitrogen and oxygen atoms in total. The average Bonchev–Trinajstić information content (AvgIpc) is 2.88. The van der Waals surface area contributed by atoms with Crippen molar-refractivity contribution < 1.29 is 13.2 Å². The van der Waals surface area contributed by atoms with Crippen molar-refractivity contribution in [3.63, 3.8) is 0 Å². The van der Waals surface area contributed by atoms with Crippen molar-refractivity contribution in [1.29, 1.82) is 0 Å². The molecule has 2 aliphatic heterocycles. The Morgan fingerprint density at radius 3 is 2.29 bits per heavy atom. The number of piperazine rings is 1. The van der Waals surface area contributed by atoms with Crippen LogP contribution in [0.3, 0.4) is 0 Å². The van der Waals surface area contributed by atoms with E-state index in [1.165, 1.54) is 0 Å². The predicted octanol–water partition coefficient (Wildman–Crippen LogP) is 0.631. The van der Waals surface area contributed by atoms with Crippen LogP contribution >= 0.6 is 0 Å². The van der Waals surface area contributed by atoms with E-state index in [-0.39, 0.29) is 17.7 Å². The summed E-state index contributed by atoms with van der Waals surface area (Å²) in [5.41, 5.74) is 0.717. The minimum absolute atomic E-state index is 0.0642. The van der Waals surface area contributed by atoms with Gasteiger partial charge >= 0.3 is 0 Å². The molecule has 1 atom stereocenters. The number of nitrogens with zero attached hydrogens (tertiary/aromatic N) is 2. The number of hydrogen-bond acceptors (Lipinski definition) is 4. The minimum Gasteiger partial charge on any atom is -0.336 e. The van der Waals surface area contributed by atoms with Crippen molar-refractivity contribution >= 4 is 15.7 Å². The molecule has 6 heteroatoms. The fourth-order valence-corrected chi connectivity index (χ4v) is 4.88. The Kier molecular flexibility index (Phi) is 3.99. The molecule has 21 heavy (non-hydrogen) atoms. The molecule has 2 fully saturated rings. The third-order valence-corrected chi connectivity index (χ3v) is 6.10. The third kappa shape index (κ3) is 3.27. The van der Waals surface area contributed by atoms with Crippen LogP contribution in [-0.2, 0) is 9.84 Å². The number of hydrogen-bond donors (Lipinski definition) is 0. The molecule has 0 aromatic heterocycles. The second kappa shape index (κ2) is 5.77. The Labute approximate surface area is 125 Å². The van der Waals surface area contributed by atoms with Gasteiger partial charge in [0.1, 0.15) is 0 Å². The highest BCUT2D eigenvalue weighted by atomic mass is 32.2. The van der Waals surface area contributed by atoms with E-state index in [4.69, 9.17) is 0 Å². The van der Waals surface area contributed by atoms with Crippen molar-refractivity contribution in [2.24, 2.45) is 0 Å². The standard InChI is InChI=1S/C15H20N2O3S/c18-15(13-4-2-1-3-5-13)17-9-7-16(8-10-17)14-6-11-21(19,20)12-14/h1-5,14H,6-12H2. The van der Waals surface area contributed by atoms with Crippen LogP contribution < -0.4 is 0 Å². The van der Waals surface area contributed by atoms with Crippen molar-refractivity contribution in [3.8, 4) is 0 Å². The lowest BCUT2D eigenvalue weighted by Crippen LogP contribution is -2.52. The molecule has 0 bridgehead atoms. The van der Waals surface area contributed by atoms with E-state index in [1.807, 2.05) is 35.2 Å². The van der Waals surface area contributed by atoms with E-state index in [2.05, 4.69) is 4.90 Å². The molecule has 0 saturated carbocycles. The predicted molar refractivity (Wildman–Crippen MR) is 81.0 cm³/mol. The first-order chi connectivity index (χ1) is 10.1. The molecule has 2 heterocycles. The maximum absolute atomic E-state index is 12.3. The van der Waals surface area contributed by atoms with Crippen LogP contribution in [0.4, 0.5) is 0 Å². The first kappa shape index (κ1) is 14.5. The van der Waals surface area contributed by atoms with Gasteiger partial charge in [-0.3, -0.25) is 9.69 Å². The smallest absolute Gasteiger partial charge is 0.253 e. The minimum atomic E-state index is -2.84. The maximum atomic E-state index is 12.3. The second-order valence-corrected chi connectivity index (χ2v) is 7.98. The number of rotatable bonds is 2. The molecule has 1 unspecified atom stereocenters. The lowest BCUT2D eigenvalue weighted by molar-refractivity contribution is 0.0588. The summed E-state index contributed by atoms with van der Waals surface area (Å²) in [4.78, 5) is 16.4. The van der Waals surface area contributed by atoms with Crippen LogP contribution in [0, 0.1) is 0 Å². The summed E-state index contributed by atoms with van der Waals surface area (Å²) in [6.07, 6.45) is 0.731. The summed E-state index contributed by atoms with van der Waals surface area (Å²) < 4.78 is 23.1. The van der Waals surface area contributed by atoms with Crippen LogP contribution in [-0.4, -0.2) is 67.9 Å². The molecule has 0 radical (unpaired) electrons. The summed E-state index contributed by atoms with van der Waals surface area (Å²) in [5, 5.41) is 0. The number of benzene rings is 1. The number of amides is 1. The van der Waals surface area contributed by atoms with Gasteiger partial charge in [0.05, 0.1) is 11.5 Å². The molecule has 2 aliphatic rings. The quantitative estimate of drug-likeness (QED) is 0.804. The molecule has 3 rings (SSSR count). The summed E-state index contributed by atoms with van der Waals surface area (Å²) in [5.74, 6) is 0.648. The Morgan fingerprint density at radius 1 is 1.05 bits per heavy atom. The van der Waals surface area contributed by atoms with E-state index in [0.29, 0.717) is 18.8 Å². The molecule has 0 spiro atoms. The highest BCUT2D eigenvalue weighted by Crippen LogP contribution is 2.19. The second-order valence-electron chi connectivity index (χ2n) is 5.75. The fraction of sp³-hybridized carbons (Fsp3) is 0.533. The average molecular weight is 308 g/mol. The van der Waals surface area contributed by atoms with Crippen LogP contribution in [0.25, 0.3) is 0 Å². The third-order valence-electron chi connectivity index (χ3n) is 4.35. The van der Waals surface area contributed by atoms with E-state index in [0.717, 1.165) is 25.1 Å². The molecule has 1 amide bonds. The van der Waals surface area contributed by atoms with Gasteiger partial charge in [0, 0.05) is 37.8 Å². The SMILES string of the molecule is O=C(c1ccccc1)N1CCN(C2CCS(=O)(=O)C2)CC1. The van der Waals surface area contributed by atoms with Crippen molar-refractivity contribution in [1.82, 2.24) is 9.80 Å². The Morgan fingerprint density at radius 2 is 1.71 bits per heavy atom. The highest BCUT2D eigenvalue weighted by Gasteiger charge is 2.34. The summed E-state index contributed by atoms with van der Waals surface area (Å²) >= 11 is 0. The highest BCUT2D eigenvalue weighted by molar-refractivity contribution is 7.91. The van der Waals surface area contributed by atoms with Crippen LogP contribution in [0.5, 0.6) is 0 Å². The molecule has 114 valence electrons. The molecular formula is C15H20N2O3S. The fourth-order valence-electron chi connectivity index (χ4n) is 3.12. The zero-order valence-corrected chi connectivity index (χ0v) is 12.8. The van der Waals surface area contributed by atoms with Crippen molar-refractivity contribution in [2.45, 2.75) is 12.5 Å². The summed E-state index contributed by atoms with van der Waals surface area (Å²) in [7, 11) is -2.84. The maximum Gasteiger partial charge on any atom is 0.253 e. The normalized spacial score (nSPS) is 25.9. The van der Waals surface area contributed by atoms with E-state index in [9.17, 15) is 13.2 Å². The van der Waals surface area contributed by atoms with Crippen molar-refractivity contribution in [3.05, 3.63) is 35.9 Å². The molecule has 1 aromatic carbocycles. The van der Waals surface area contributed by atoms with Gasteiger partial charge < -0.3 is 4.90 Å². The summed E-state index contributed by atoms with van der Waals surface area (Å²) in [6.45, 7) is 2.87. The van der Waals surface area contributed by atoms with Crippen LogP contribution in [0.15, 0.2) is 30.3 Å². The van der Waals surface area contributed by atoms with Gasteiger partial charge in [-0.25, -0.2) is 8.42 Å². The van der Waals surface area contributed by atoms with Gasteiger partial charge in [-0.1, -0.05) is 18.2 Å². The summed E-state index contributed by atoms with van der Waals surface area (Å²) in [6, 6.07) is 9.44. The molecule has 1 aromatic rings. The van der Waals surface area contributed by atoms with E-state index >= 15 is 0 Å². The Hall–Kier alpha value is -1.40. The lowest BCUT2D eigenvalue weighted by atomic mass is 10.1. The number of carbonyl (C=O) groups is 1. The Bertz CT molecular complexity index is 607. The van der Waals surface area contributed by atoms with Crippen molar-refractivity contribution in [2.75, 3.05) is 37.7 Å². The zero-order valence-electron chi connectivity index (χ0n) is 11.9. The number of sulfone groups is 1. The van der Waals surface area contributed by atoms with E-state index < -0.39 is 9.84 Å². The van der Waals surface area contributed by atoms with Crippen LogP contribution in [0.2, 0.25) is 0 Å². The number of carbonyl (C=O) groups excluding carboxylic acids is 1. The first-order valence-corrected chi connectivity index (χ1v) is 9.16. The lowest BCUT2D eigenvalue weighted by Gasteiger charge is -2.37. The van der Waals surface area contributed by atoms with Gasteiger partial charge in [0.2, 0.25) is 0 Å². The molecule has 2 saturated heterocycles. The monoisotopic (exact) mass is 308 g/mol. The zero-order chi connectivity index (χ0) is 14.9. The van der Waals surface area contributed by atoms with Gasteiger partial charge in [-0.2, -0.15) is 0 Å². The Balaban J connectivity index is 1.57. The van der Waals surface area contributed by atoms with Crippen LogP contribution in [0.1, 0.15) is 16.8 Å². The topological polar surface area (TPSA) is 57.7 Å². The van der Waals surface area contributed by atoms with Gasteiger partial charge in [0.25, 0.3) is 5.91 Å². The van der Waals surface area contributed by atoms with Gasteiger partial charge in [0.15, 0.2) is 9.84 Å². The molecule has 0 N–H and O–H groups in total. The van der Waals surface area contributed by atoms with E-state index in [1.54, 1.807) is 0 Å². The molecule has 0 aliphatic carbocycles. The largest absolute Gasteiger partial charge is 0.336 e.